The molecule has 11 heteroatoms. The van der Waals surface area contributed by atoms with E-state index in [0.717, 1.165) is 4.31 Å². The number of hydrogen-bond donors (Lipinski definition) is 2. The molecule has 0 bridgehead atoms. The van der Waals surface area contributed by atoms with Crippen LogP contribution in [0.3, 0.4) is 0 Å². The summed E-state index contributed by atoms with van der Waals surface area (Å²) >= 11 is 0. The minimum Gasteiger partial charge on any atom is -0.508 e. The molecule has 0 amide bonds. The first-order valence-corrected chi connectivity index (χ1v) is 10.7. The van der Waals surface area contributed by atoms with Crippen LogP contribution in [0.15, 0.2) is 47.4 Å². The molecule has 9 nitrogen and oxygen atoms in total. The van der Waals surface area contributed by atoms with Crippen molar-refractivity contribution in [2.75, 3.05) is 6.54 Å². The zero-order chi connectivity index (χ0) is 22.3. The molecule has 1 saturated heterocycles. The lowest BCUT2D eigenvalue weighted by Crippen LogP contribution is -2.35. The highest BCUT2D eigenvalue weighted by molar-refractivity contribution is 7.89. The Kier molecular flexibility index (Phi) is 5.12. The van der Waals surface area contributed by atoms with E-state index in [1.54, 1.807) is 0 Å². The topological polar surface area (TPSA) is 137 Å². The van der Waals surface area contributed by atoms with Gasteiger partial charge in [0, 0.05) is 18.4 Å². The summed E-state index contributed by atoms with van der Waals surface area (Å²) < 4.78 is 42.5. The highest BCUT2D eigenvalue weighted by Gasteiger charge is 2.42. The van der Waals surface area contributed by atoms with Crippen LogP contribution in [0.25, 0.3) is 10.9 Å². The quantitative estimate of drug-likeness (QED) is 0.614. The Balaban J connectivity index is 1.75. The second kappa shape index (κ2) is 7.64. The van der Waals surface area contributed by atoms with E-state index in [2.05, 4.69) is 5.10 Å². The van der Waals surface area contributed by atoms with Crippen molar-refractivity contribution in [1.29, 1.82) is 5.26 Å². The third kappa shape index (κ3) is 3.71. The number of phenols is 1. The number of fused-ring (bicyclic) bond motifs is 1. The van der Waals surface area contributed by atoms with E-state index in [9.17, 15) is 28.0 Å². The number of sulfonamides is 1. The molecular formula is C20H17FN4O5S. The number of halogens is 1. The molecule has 2 N–H and O–H groups in total. The van der Waals surface area contributed by atoms with E-state index in [1.165, 1.54) is 47.1 Å². The van der Waals surface area contributed by atoms with Gasteiger partial charge in [0.1, 0.15) is 17.6 Å². The van der Waals surface area contributed by atoms with Crippen LogP contribution in [0.1, 0.15) is 18.2 Å². The van der Waals surface area contributed by atoms with Crippen molar-refractivity contribution in [2.24, 2.45) is 0 Å². The van der Waals surface area contributed by atoms with Gasteiger partial charge in [-0.25, -0.2) is 12.8 Å². The van der Waals surface area contributed by atoms with Crippen LogP contribution >= 0.6 is 0 Å². The van der Waals surface area contributed by atoms with Crippen LogP contribution in [0, 0.1) is 17.1 Å². The highest BCUT2D eigenvalue weighted by atomic mass is 32.2. The Hall–Kier alpha value is -3.49. The number of nitriles is 1. The van der Waals surface area contributed by atoms with Crippen LogP contribution in [0.5, 0.6) is 5.75 Å². The van der Waals surface area contributed by atoms with Crippen molar-refractivity contribution < 1.29 is 27.8 Å². The molecule has 0 unspecified atom stereocenters. The van der Waals surface area contributed by atoms with Gasteiger partial charge in [0.25, 0.3) is 0 Å². The minimum absolute atomic E-state index is 0.0749. The van der Waals surface area contributed by atoms with Crippen molar-refractivity contribution in [1.82, 2.24) is 14.1 Å². The third-order valence-electron chi connectivity index (χ3n) is 5.24. The summed E-state index contributed by atoms with van der Waals surface area (Å²) in [5, 5.41) is 32.9. The lowest BCUT2D eigenvalue weighted by atomic mass is 10.1. The lowest BCUT2D eigenvalue weighted by molar-refractivity contribution is -0.136. The second-order valence-corrected chi connectivity index (χ2v) is 9.12. The molecular weight excluding hydrogens is 427 g/mol. The predicted octanol–water partition coefficient (Wildman–Crippen LogP) is 2.04. The Morgan fingerprint density at radius 1 is 1.26 bits per heavy atom. The maximum Gasteiger partial charge on any atom is 0.309 e. The first-order valence-electron chi connectivity index (χ1n) is 9.29. The summed E-state index contributed by atoms with van der Waals surface area (Å²) in [5.74, 6) is -1.74. The molecule has 0 saturated carbocycles. The summed E-state index contributed by atoms with van der Waals surface area (Å²) in [7, 11) is -4.04. The molecule has 2 aromatic carbocycles. The van der Waals surface area contributed by atoms with Gasteiger partial charge in [0.05, 0.1) is 34.6 Å². The van der Waals surface area contributed by atoms with Crippen LogP contribution in [0.4, 0.5) is 4.39 Å². The minimum atomic E-state index is -4.04. The second-order valence-electron chi connectivity index (χ2n) is 7.23. The van der Waals surface area contributed by atoms with Crippen molar-refractivity contribution in [3.8, 4) is 11.8 Å². The summed E-state index contributed by atoms with van der Waals surface area (Å²) in [6.45, 7) is -0.0960. The Morgan fingerprint density at radius 2 is 1.97 bits per heavy atom. The van der Waals surface area contributed by atoms with Gasteiger partial charge in [0.2, 0.25) is 10.0 Å². The molecule has 160 valence electrons. The maximum atomic E-state index is 13.9. The molecule has 0 spiro atoms. The number of aromatic hydroxyl groups is 1. The SMILES string of the molecule is N#C[C@@H]1C[C@@H](n2nc(CC(=O)O)c3ccc(F)cc32)CN1S(=O)(=O)c1ccc(O)cc1. The van der Waals surface area contributed by atoms with Gasteiger partial charge >= 0.3 is 5.97 Å². The normalized spacial score (nSPS) is 19.5. The fourth-order valence-electron chi connectivity index (χ4n) is 3.83. The zero-order valence-electron chi connectivity index (χ0n) is 16.0. The van der Waals surface area contributed by atoms with Crippen LogP contribution in [-0.4, -0.2) is 51.3 Å². The first kappa shape index (κ1) is 20.8. The number of benzene rings is 2. The summed E-state index contributed by atoms with van der Waals surface area (Å²) in [6, 6.07) is 9.23. The fraction of sp³-hybridized carbons (Fsp3) is 0.250. The average Bonchev–Trinajstić information content (AvgIpc) is 3.30. The summed E-state index contributed by atoms with van der Waals surface area (Å²) in [6.07, 6.45) is -0.271. The van der Waals surface area contributed by atoms with Crippen molar-refractivity contribution in [3.05, 3.63) is 54.0 Å². The van der Waals surface area contributed by atoms with Crippen LogP contribution < -0.4 is 0 Å². The number of aliphatic carboxylic acids is 1. The first-order chi connectivity index (χ1) is 14.7. The van der Waals surface area contributed by atoms with Gasteiger partial charge in [-0.2, -0.15) is 14.7 Å². The standard InChI is InChI=1S/C20H17FN4O5S/c21-12-1-6-17-18(9-20(27)28)23-25(19(17)7-12)14-8-13(10-22)24(11-14)31(29,30)16-4-2-15(26)3-5-16/h1-7,13-14,26H,8-9,11H2,(H,27,28)/t13-,14+/m0/s1. The summed E-state index contributed by atoms with van der Waals surface area (Å²) in [5.41, 5.74) is 0.567. The number of aromatic nitrogens is 2. The average molecular weight is 444 g/mol. The zero-order valence-corrected chi connectivity index (χ0v) is 16.8. The molecule has 31 heavy (non-hydrogen) atoms. The monoisotopic (exact) mass is 444 g/mol. The van der Waals surface area contributed by atoms with Crippen molar-refractivity contribution in [3.63, 3.8) is 0 Å². The van der Waals surface area contributed by atoms with E-state index in [4.69, 9.17) is 5.11 Å². The molecule has 1 aliphatic heterocycles. The van der Waals surface area contributed by atoms with E-state index >= 15 is 0 Å². The van der Waals surface area contributed by atoms with Crippen LogP contribution in [0.2, 0.25) is 0 Å². The number of rotatable bonds is 5. The number of carboxylic acid groups (broad SMARTS) is 1. The van der Waals surface area contributed by atoms with E-state index in [1.807, 2.05) is 6.07 Å². The van der Waals surface area contributed by atoms with E-state index in [-0.39, 0.29) is 35.7 Å². The molecule has 1 fully saturated rings. The predicted molar refractivity (Wildman–Crippen MR) is 106 cm³/mol. The van der Waals surface area contributed by atoms with Gasteiger partial charge in [0.15, 0.2) is 0 Å². The largest absolute Gasteiger partial charge is 0.508 e. The van der Waals surface area contributed by atoms with Gasteiger partial charge in [-0.05, 0) is 42.5 Å². The Bertz CT molecular complexity index is 1310. The maximum absolute atomic E-state index is 13.9. The number of carbonyl (C=O) groups is 1. The molecule has 2 atom stereocenters. The number of phenolic OH excluding ortho intramolecular Hbond substituents is 1. The number of carboxylic acids is 1. The molecule has 1 aromatic heterocycles. The lowest BCUT2D eigenvalue weighted by Gasteiger charge is -2.19. The van der Waals surface area contributed by atoms with E-state index in [0.29, 0.717) is 10.9 Å². The Morgan fingerprint density at radius 3 is 2.61 bits per heavy atom. The highest BCUT2D eigenvalue weighted by Crippen LogP contribution is 2.35. The van der Waals surface area contributed by atoms with Gasteiger partial charge in [-0.1, -0.05) is 0 Å². The smallest absolute Gasteiger partial charge is 0.309 e. The molecule has 1 aliphatic rings. The molecule has 2 heterocycles. The molecule has 4 rings (SSSR count). The molecule has 0 radical (unpaired) electrons. The van der Waals surface area contributed by atoms with Gasteiger partial charge in [-0.15, -0.1) is 0 Å². The number of nitrogens with zero attached hydrogens (tertiary/aromatic N) is 4. The summed E-state index contributed by atoms with van der Waals surface area (Å²) in [4.78, 5) is 11.1. The molecule has 0 aliphatic carbocycles. The third-order valence-corrected chi connectivity index (χ3v) is 7.13. The fourth-order valence-corrected chi connectivity index (χ4v) is 5.41. The van der Waals surface area contributed by atoms with Crippen LogP contribution in [-0.2, 0) is 21.2 Å². The van der Waals surface area contributed by atoms with Crippen molar-refractivity contribution in [2.45, 2.75) is 29.8 Å². The Labute approximate surface area is 176 Å². The van der Waals surface area contributed by atoms with E-state index < -0.39 is 33.9 Å². The van der Waals surface area contributed by atoms with Gasteiger partial charge in [-0.3, -0.25) is 9.48 Å². The van der Waals surface area contributed by atoms with Crippen molar-refractivity contribution >= 4 is 26.9 Å². The van der Waals surface area contributed by atoms with Gasteiger partial charge < -0.3 is 10.2 Å². The molecule has 3 aromatic rings. The number of hydrogen-bond acceptors (Lipinski definition) is 6.